The summed E-state index contributed by atoms with van der Waals surface area (Å²) >= 11 is 0. The Labute approximate surface area is 171 Å². The van der Waals surface area contributed by atoms with E-state index in [1.165, 1.54) is 12.1 Å². The SMILES string of the molecule is CC(C)c1cccc(C(C)C)c1NC(=O)NCCc1cc(F)cc2c1OCOC2. The summed E-state index contributed by atoms with van der Waals surface area (Å²) in [5.74, 6) is 0.918. The molecule has 29 heavy (non-hydrogen) atoms. The summed E-state index contributed by atoms with van der Waals surface area (Å²) in [6.45, 7) is 9.30. The zero-order valence-electron chi connectivity index (χ0n) is 17.5. The van der Waals surface area contributed by atoms with Crippen molar-refractivity contribution in [3.8, 4) is 5.75 Å². The lowest BCUT2D eigenvalue weighted by Gasteiger charge is -2.21. The average molecular weight is 400 g/mol. The molecule has 0 saturated carbocycles. The highest BCUT2D eigenvalue weighted by Gasteiger charge is 2.18. The van der Waals surface area contributed by atoms with Gasteiger partial charge in [0, 0.05) is 17.8 Å². The highest BCUT2D eigenvalue weighted by atomic mass is 19.1. The fourth-order valence-electron chi connectivity index (χ4n) is 3.61. The minimum absolute atomic E-state index is 0.156. The topological polar surface area (TPSA) is 59.6 Å². The number of halogens is 1. The molecule has 0 atom stereocenters. The Balaban J connectivity index is 1.67. The van der Waals surface area contributed by atoms with Crippen LogP contribution in [0.1, 0.15) is 61.8 Å². The quantitative estimate of drug-likeness (QED) is 0.691. The molecule has 0 bridgehead atoms. The molecule has 0 aliphatic carbocycles. The summed E-state index contributed by atoms with van der Waals surface area (Å²) in [6.07, 6.45) is 0.469. The summed E-state index contributed by atoms with van der Waals surface area (Å²) in [6, 6.07) is 8.73. The van der Waals surface area contributed by atoms with Gasteiger partial charge in [0.05, 0.1) is 6.61 Å². The fraction of sp³-hybridized carbons (Fsp3) is 0.435. The molecule has 2 aromatic carbocycles. The van der Waals surface area contributed by atoms with E-state index in [1.54, 1.807) is 0 Å². The Bertz CT molecular complexity index is 854. The monoisotopic (exact) mass is 400 g/mol. The van der Waals surface area contributed by atoms with Crippen molar-refractivity contribution in [1.82, 2.24) is 5.32 Å². The molecule has 0 radical (unpaired) electrons. The van der Waals surface area contributed by atoms with Crippen molar-refractivity contribution in [2.45, 2.75) is 52.6 Å². The molecule has 2 aromatic rings. The Morgan fingerprint density at radius 2 is 1.83 bits per heavy atom. The number of urea groups is 1. The molecule has 0 spiro atoms. The van der Waals surface area contributed by atoms with Gasteiger partial charge in [-0.05, 0) is 47.1 Å². The second kappa shape index (κ2) is 9.27. The van der Waals surface area contributed by atoms with E-state index in [9.17, 15) is 9.18 Å². The van der Waals surface area contributed by atoms with Gasteiger partial charge in [-0.15, -0.1) is 0 Å². The number of carbonyl (C=O) groups is 1. The molecule has 0 aromatic heterocycles. The van der Waals surface area contributed by atoms with Gasteiger partial charge in [0.25, 0.3) is 0 Å². The average Bonchev–Trinajstić information content (AvgIpc) is 2.67. The van der Waals surface area contributed by atoms with Crippen LogP contribution in [-0.2, 0) is 17.8 Å². The first kappa shape index (κ1) is 21.1. The molecular formula is C23H29FN2O3. The molecular weight excluding hydrogens is 371 g/mol. The molecule has 3 rings (SSSR count). The number of nitrogens with one attached hydrogen (secondary N) is 2. The third-order valence-electron chi connectivity index (χ3n) is 5.04. The van der Waals surface area contributed by atoms with Crippen LogP contribution in [0.3, 0.4) is 0 Å². The van der Waals surface area contributed by atoms with Gasteiger partial charge in [0.1, 0.15) is 11.6 Å². The normalized spacial score (nSPS) is 13.2. The lowest BCUT2D eigenvalue weighted by atomic mass is 9.93. The fourth-order valence-corrected chi connectivity index (χ4v) is 3.61. The van der Waals surface area contributed by atoms with Crippen molar-refractivity contribution in [3.63, 3.8) is 0 Å². The predicted molar refractivity (Wildman–Crippen MR) is 112 cm³/mol. The first-order chi connectivity index (χ1) is 13.9. The molecule has 1 heterocycles. The Morgan fingerprint density at radius 1 is 1.14 bits per heavy atom. The molecule has 2 amide bonds. The standard InChI is InChI=1S/C23H29FN2O3/c1-14(2)19-6-5-7-20(15(3)4)21(19)26-23(27)25-9-8-16-10-18(24)11-17-12-28-13-29-22(16)17/h5-7,10-11,14-15H,8-9,12-13H2,1-4H3,(H2,25,26,27). The molecule has 6 heteroatoms. The van der Waals surface area contributed by atoms with Crippen molar-refractivity contribution in [1.29, 1.82) is 0 Å². The van der Waals surface area contributed by atoms with Gasteiger partial charge in [0.15, 0.2) is 6.79 Å². The van der Waals surface area contributed by atoms with Crippen LogP contribution in [0, 0.1) is 5.82 Å². The number of hydrogen-bond donors (Lipinski definition) is 2. The minimum atomic E-state index is -0.329. The number of rotatable bonds is 6. The van der Waals surface area contributed by atoms with E-state index in [-0.39, 0.29) is 18.6 Å². The van der Waals surface area contributed by atoms with Crippen molar-refractivity contribution in [2.75, 3.05) is 18.7 Å². The molecule has 156 valence electrons. The van der Waals surface area contributed by atoms with Crippen LogP contribution >= 0.6 is 0 Å². The van der Waals surface area contributed by atoms with Crippen LogP contribution in [0.2, 0.25) is 0 Å². The maximum atomic E-state index is 13.9. The lowest BCUT2D eigenvalue weighted by Crippen LogP contribution is -2.31. The van der Waals surface area contributed by atoms with Gasteiger partial charge in [-0.1, -0.05) is 45.9 Å². The number of para-hydroxylation sites is 1. The van der Waals surface area contributed by atoms with E-state index in [2.05, 4.69) is 38.3 Å². The molecule has 1 aliphatic heterocycles. The van der Waals surface area contributed by atoms with E-state index >= 15 is 0 Å². The third kappa shape index (κ3) is 5.07. The summed E-state index contributed by atoms with van der Waals surface area (Å²) in [5, 5.41) is 5.91. The highest BCUT2D eigenvalue weighted by Crippen LogP contribution is 2.32. The summed E-state index contributed by atoms with van der Waals surface area (Å²) in [4.78, 5) is 12.6. The molecule has 5 nitrogen and oxygen atoms in total. The van der Waals surface area contributed by atoms with E-state index < -0.39 is 0 Å². The van der Waals surface area contributed by atoms with Crippen molar-refractivity contribution in [2.24, 2.45) is 0 Å². The smallest absolute Gasteiger partial charge is 0.319 e. The largest absolute Gasteiger partial charge is 0.467 e. The molecule has 1 aliphatic rings. The molecule has 0 saturated heterocycles. The van der Waals surface area contributed by atoms with Crippen LogP contribution in [0.5, 0.6) is 5.75 Å². The van der Waals surface area contributed by atoms with Crippen molar-refractivity contribution < 1.29 is 18.7 Å². The molecule has 2 N–H and O–H groups in total. The van der Waals surface area contributed by atoms with Gasteiger partial charge in [-0.3, -0.25) is 0 Å². The zero-order chi connectivity index (χ0) is 21.0. The number of carbonyl (C=O) groups excluding carboxylic acids is 1. The summed E-state index contributed by atoms with van der Waals surface area (Å²) < 4.78 is 24.6. The lowest BCUT2D eigenvalue weighted by molar-refractivity contribution is -0.0172. The number of ether oxygens (including phenoxy) is 2. The van der Waals surface area contributed by atoms with E-state index in [1.807, 2.05) is 18.2 Å². The Kier molecular flexibility index (Phi) is 6.75. The van der Waals surface area contributed by atoms with Crippen LogP contribution in [0.4, 0.5) is 14.9 Å². The van der Waals surface area contributed by atoms with E-state index in [0.717, 1.165) is 22.4 Å². The number of amides is 2. The van der Waals surface area contributed by atoms with Crippen LogP contribution in [0.15, 0.2) is 30.3 Å². The Hall–Kier alpha value is -2.60. The third-order valence-corrected chi connectivity index (χ3v) is 5.04. The molecule has 0 fully saturated rings. The number of hydrogen-bond acceptors (Lipinski definition) is 3. The van der Waals surface area contributed by atoms with Crippen LogP contribution in [0.25, 0.3) is 0 Å². The first-order valence-electron chi connectivity index (χ1n) is 10.1. The summed E-state index contributed by atoms with van der Waals surface area (Å²) in [7, 11) is 0. The number of fused-ring (bicyclic) bond motifs is 1. The van der Waals surface area contributed by atoms with Crippen LogP contribution in [-0.4, -0.2) is 19.4 Å². The highest BCUT2D eigenvalue weighted by molar-refractivity contribution is 5.91. The van der Waals surface area contributed by atoms with E-state index in [0.29, 0.717) is 42.7 Å². The minimum Gasteiger partial charge on any atom is -0.467 e. The van der Waals surface area contributed by atoms with Crippen molar-refractivity contribution in [3.05, 3.63) is 58.4 Å². The van der Waals surface area contributed by atoms with Gasteiger partial charge in [-0.2, -0.15) is 0 Å². The second-order valence-electron chi connectivity index (χ2n) is 7.92. The molecule has 0 unspecified atom stereocenters. The number of benzene rings is 2. The van der Waals surface area contributed by atoms with Crippen LogP contribution < -0.4 is 15.4 Å². The second-order valence-corrected chi connectivity index (χ2v) is 7.92. The maximum absolute atomic E-state index is 13.9. The van der Waals surface area contributed by atoms with Crippen molar-refractivity contribution >= 4 is 11.7 Å². The Morgan fingerprint density at radius 3 is 2.48 bits per heavy atom. The summed E-state index contributed by atoms with van der Waals surface area (Å²) in [5.41, 5.74) is 4.52. The van der Waals surface area contributed by atoms with Gasteiger partial charge >= 0.3 is 6.03 Å². The maximum Gasteiger partial charge on any atom is 0.319 e. The van der Waals surface area contributed by atoms with Gasteiger partial charge in [-0.25, -0.2) is 9.18 Å². The van der Waals surface area contributed by atoms with E-state index in [4.69, 9.17) is 9.47 Å². The van der Waals surface area contributed by atoms with Gasteiger partial charge in [0.2, 0.25) is 0 Å². The van der Waals surface area contributed by atoms with Gasteiger partial charge < -0.3 is 20.1 Å². The zero-order valence-corrected chi connectivity index (χ0v) is 17.5. The first-order valence-corrected chi connectivity index (χ1v) is 10.1. The predicted octanol–water partition coefficient (Wildman–Crippen LogP) is 5.30. The number of anilines is 1.